The molecule has 1 saturated carbocycles. The Morgan fingerprint density at radius 2 is 1.72 bits per heavy atom. The topological polar surface area (TPSA) is 67.2 Å². The minimum Gasteiger partial charge on any atom is -0.353 e. The van der Waals surface area contributed by atoms with E-state index in [1.165, 1.54) is 12.8 Å². The molecule has 1 aliphatic carbocycles. The lowest BCUT2D eigenvalue weighted by atomic mass is 10.1. The summed E-state index contributed by atoms with van der Waals surface area (Å²) in [4.78, 5) is 26.8. The summed E-state index contributed by atoms with van der Waals surface area (Å²) in [5.74, 6) is 2.23. The molecule has 166 valence electrons. The highest BCUT2D eigenvalue weighted by Crippen LogP contribution is 2.40. The normalized spacial score (nSPS) is 17.0. The summed E-state index contributed by atoms with van der Waals surface area (Å²) < 4.78 is 1.92. The number of aromatic nitrogens is 4. The molecule has 0 bridgehead atoms. The van der Waals surface area contributed by atoms with Crippen LogP contribution in [0.2, 0.25) is 0 Å². The van der Waals surface area contributed by atoms with Gasteiger partial charge < -0.3 is 9.80 Å². The molecule has 2 aliphatic rings. The zero-order chi connectivity index (χ0) is 22.3. The van der Waals surface area contributed by atoms with Gasteiger partial charge in [0.25, 0.3) is 5.91 Å². The smallest absolute Gasteiger partial charge is 0.272 e. The number of hydrogen-bond acceptors (Lipinski definition) is 5. The summed E-state index contributed by atoms with van der Waals surface area (Å²) in [6, 6.07) is 14.0. The molecule has 1 aliphatic heterocycles. The molecule has 2 aromatic heterocycles. The van der Waals surface area contributed by atoms with Gasteiger partial charge in [-0.25, -0.2) is 9.97 Å². The van der Waals surface area contributed by atoms with Gasteiger partial charge >= 0.3 is 0 Å². The fourth-order valence-corrected chi connectivity index (χ4v) is 4.19. The predicted molar refractivity (Wildman–Crippen MR) is 125 cm³/mol. The molecule has 0 unspecified atom stereocenters. The Morgan fingerprint density at radius 3 is 2.38 bits per heavy atom. The van der Waals surface area contributed by atoms with E-state index in [9.17, 15) is 4.79 Å². The SMILES string of the molecule is CC(C)(C)n1nc(C2CC2)cc1C(=O)N1CCN(c2ccnc(-c3ccccc3)n2)CC1. The Morgan fingerprint density at radius 1 is 1.00 bits per heavy atom. The number of carbonyl (C=O) groups excluding carboxylic acids is 1. The molecule has 3 heterocycles. The highest BCUT2D eigenvalue weighted by atomic mass is 16.2. The van der Waals surface area contributed by atoms with Crippen molar-refractivity contribution < 1.29 is 4.79 Å². The van der Waals surface area contributed by atoms with Crippen molar-refractivity contribution in [2.45, 2.75) is 45.1 Å². The molecule has 1 saturated heterocycles. The maximum Gasteiger partial charge on any atom is 0.272 e. The monoisotopic (exact) mass is 430 g/mol. The van der Waals surface area contributed by atoms with Gasteiger partial charge in [-0.15, -0.1) is 0 Å². The molecular formula is C25H30N6O. The molecule has 0 atom stereocenters. The van der Waals surface area contributed by atoms with Crippen LogP contribution in [-0.2, 0) is 5.54 Å². The van der Waals surface area contributed by atoms with Crippen molar-refractivity contribution in [2.24, 2.45) is 0 Å². The van der Waals surface area contributed by atoms with Crippen LogP contribution in [0.5, 0.6) is 0 Å². The summed E-state index contributed by atoms with van der Waals surface area (Å²) in [6.07, 6.45) is 4.16. The molecule has 7 heteroatoms. The first-order valence-electron chi connectivity index (χ1n) is 11.4. The zero-order valence-corrected chi connectivity index (χ0v) is 19.0. The summed E-state index contributed by atoms with van der Waals surface area (Å²) in [5, 5.41) is 4.80. The first kappa shape index (κ1) is 20.7. The second kappa shape index (κ2) is 8.04. The molecule has 0 N–H and O–H groups in total. The Hall–Kier alpha value is -3.22. The third kappa shape index (κ3) is 4.11. The first-order valence-corrected chi connectivity index (χ1v) is 11.4. The Kier molecular flexibility index (Phi) is 5.19. The number of hydrogen-bond donors (Lipinski definition) is 0. The lowest BCUT2D eigenvalue weighted by molar-refractivity contribution is 0.0726. The van der Waals surface area contributed by atoms with Gasteiger partial charge in [-0.1, -0.05) is 30.3 Å². The molecule has 1 amide bonds. The van der Waals surface area contributed by atoms with Crippen molar-refractivity contribution in [3.8, 4) is 11.4 Å². The number of amides is 1. The van der Waals surface area contributed by atoms with Gasteiger partial charge in [-0.2, -0.15) is 5.10 Å². The van der Waals surface area contributed by atoms with Gasteiger partial charge in [-0.3, -0.25) is 9.48 Å². The predicted octanol–water partition coefficient (Wildman–Crippen LogP) is 3.93. The van der Waals surface area contributed by atoms with E-state index in [1.54, 1.807) is 0 Å². The zero-order valence-electron chi connectivity index (χ0n) is 19.0. The third-order valence-corrected chi connectivity index (χ3v) is 6.14. The van der Waals surface area contributed by atoms with Crippen molar-refractivity contribution in [2.75, 3.05) is 31.1 Å². The minimum atomic E-state index is -0.227. The third-order valence-electron chi connectivity index (χ3n) is 6.14. The summed E-state index contributed by atoms with van der Waals surface area (Å²) in [6.45, 7) is 9.13. The van der Waals surface area contributed by atoms with Crippen LogP contribution in [0.4, 0.5) is 5.82 Å². The molecule has 5 rings (SSSR count). The van der Waals surface area contributed by atoms with Crippen LogP contribution in [0.15, 0.2) is 48.7 Å². The molecular weight excluding hydrogens is 400 g/mol. The Balaban J connectivity index is 1.30. The van der Waals surface area contributed by atoms with Crippen LogP contribution in [0.25, 0.3) is 11.4 Å². The molecule has 2 fully saturated rings. The van der Waals surface area contributed by atoms with Crippen molar-refractivity contribution in [1.29, 1.82) is 0 Å². The van der Waals surface area contributed by atoms with Gasteiger partial charge in [0, 0.05) is 43.9 Å². The fourth-order valence-electron chi connectivity index (χ4n) is 4.19. The van der Waals surface area contributed by atoms with Gasteiger partial charge in [0.2, 0.25) is 0 Å². The maximum absolute atomic E-state index is 13.4. The van der Waals surface area contributed by atoms with E-state index in [0.29, 0.717) is 24.7 Å². The number of benzene rings is 1. The highest BCUT2D eigenvalue weighted by molar-refractivity contribution is 5.93. The Labute approximate surface area is 189 Å². The molecule has 0 spiro atoms. The van der Waals surface area contributed by atoms with E-state index >= 15 is 0 Å². The maximum atomic E-state index is 13.4. The van der Waals surface area contributed by atoms with Crippen molar-refractivity contribution in [3.05, 3.63) is 60.0 Å². The van der Waals surface area contributed by atoms with E-state index < -0.39 is 0 Å². The van der Waals surface area contributed by atoms with Crippen LogP contribution in [0.3, 0.4) is 0 Å². The lowest BCUT2D eigenvalue weighted by Crippen LogP contribution is -2.49. The minimum absolute atomic E-state index is 0.0756. The lowest BCUT2D eigenvalue weighted by Gasteiger charge is -2.36. The first-order chi connectivity index (χ1) is 15.4. The molecule has 3 aromatic rings. The van der Waals surface area contributed by atoms with Gasteiger partial charge in [-0.05, 0) is 45.7 Å². The van der Waals surface area contributed by atoms with E-state index in [0.717, 1.165) is 36.0 Å². The van der Waals surface area contributed by atoms with Crippen molar-refractivity contribution in [3.63, 3.8) is 0 Å². The van der Waals surface area contributed by atoms with E-state index in [2.05, 4.69) is 30.7 Å². The second-order valence-corrected chi connectivity index (χ2v) is 9.70. The molecule has 32 heavy (non-hydrogen) atoms. The average Bonchev–Trinajstić information content (AvgIpc) is 3.56. The van der Waals surface area contributed by atoms with E-state index in [-0.39, 0.29) is 11.4 Å². The van der Waals surface area contributed by atoms with Crippen LogP contribution in [0, 0.1) is 0 Å². The number of piperazine rings is 1. The van der Waals surface area contributed by atoms with E-state index in [1.807, 2.05) is 58.2 Å². The number of rotatable bonds is 4. The van der Waals surface area contributed by atoms with Crippen molar-refractivity contribution >= 4 is 11.7 Å². The molecule has 7 nitrogen and oxygen atoms in total. The summed E-state index contributed by atoms with van der Waals surface area (Å²) in [7, 11) is 0. The molecule has 1 aromatic carbocycles. The largest absolute Gasteiger partial charge is 0.353 e. The second-order valence-electron chi connectivity index (χ2n) is 9.70. The highest BCUT2D eigenvalue weighted by Gasteiger charge is 2.33. The quantitative estimate of drug-likeness (QED) is 0.627. The summed E-state index contributed by atoms with van der Waals surface area (Å²) in [5.41, 5.74) is 2.55. The standard InChI is InChI=1S/C25H30N6O/c1-25(2,3)31-21(17-20(28-31)18-9-10-18)24(32)30-15-13-29(14-16-30)22-11-12-26-23(27-22)19-7-5-4-6-8-19/h4-8,11-12,17-18H,9-10,13-16H2,1-3H3. The van der Waals surface area contributed by atoms with Crippen LogP contribution < -0.4 is 4.90 Å². The summed E-state index contributed by atoms with van der Waals surface area (Å²) >= 11 is 0. The van der Waals surface area contributed by atoms with Gasteiger partial charge in [0.05, 0.1) is 11.2 Å². The van der Waals surface area contributed by atoms with Crippen LogP contribution >= 0.6 is 0 Å². The van der Waals surface area contributed by atoms with Crippen molar-refractivity contribution in [1.82, 2.24) is 24.6 Å². The van der Waals surface area contributed by atoms with E-state index in [4.69, 9.17) is 10.1 Å². The van der Waals surface area contributed by atoms with Gasteiger partial charge in [0.15, 0.2) is 5.82 Å². The fraction of sp³-hybridized carbons (Fsp3) is 0.440. The van der Waals surface area contributed by atoms with Gasteiger partial charge in [0.1, 0.15) is 11.5 Å². The number of carbonyl (C=O) groups is 1. The average molecular weight is 431 g/mol. The Bertz CT molecular complexity index is 1100. The number of nitrogens with zero attached hydrogens (tertiary/aromatic N) is 6. The van der Waals surface area contributed by atoms with Crippen LogP contribution in [0.1, 0.15) is 55.7 Å². The van der Waals surface area contributed by atoms with Crippen LogP contribution in [-0.4, -0.2) is 56.7 Å². The molecule has 0 radical (unpaired) electrons. The number of anilines is 1.